The number of aromatic nitrogens is 4. The van der Waals surface area contributed by atoms with Gasteiger partial charge >= 0.3 is 6.18 Å². The Hall–Kier alpha value is -2.76. The summed E-state index contributed by atoms with van der Waals surface area (Å²) in [5.74, 6) is 0.999. The highest BCUT2D eigenvalue weighted by atomic mass is 19.4. The fraction of sp³-hybridized carbons (Fsp3) is 0.389. The van der Waals surface area contributed by atoms with E-state index in [0.29, 0.717) is 36.1 Å². The summed E-state index contributed by atoms with van der Waals surface area (Å²) in [5, 5.41) is 3.35. The van der Waals surface area contributed by atoms with E-state index in [1.165, 1.54) is 16.7 Å². The number of pyridine rings is 1. The molecule has 8 nitrogen and oxygen atoms in total. The van der Waals surface area contributed by atoms with Crippen molar-refractivity contribution in [3.8, 4) is 11.5 Å². The summed E-state index contributed by atoms with van der Waals surface area (Å²) in [6.45, 7) is 2.80. The summed E-state index contributed by atoms with van der Waals surface area (Å²) >= 11 is 0. The molecule has 1 saturated heterocycles. The number of halogens is 3. The minimum absolute atomic E-state index is 0.107. The van der Waals surface area contributed by atoms with Crippen LogP contribution in [0.5, 0.6) is 0 Å². The molecule has 4 rings (SSSR count). The smallest absolute Gasteiger partial charge is 0.365 e. The van der Waals surface area contributed by atoms with Crippen LogP contribution in [0.15, 0.2) is 36.8 Å². The van der Waals surface area contributed by atoms with Gasteiger partial charge in [0.15, 0.2) is 5.82 Å². The maximum Gasteiger partial charge on any atom is 0.417 e. The Morgan fingerprint density at radius 3 is 2.90 bits per heavy atom. The zero-order valence-corrected chi connectivity index (χ0v) is 15.4. The van der Waals surface area contributed by atoms with E-state index in [1.807, 2.05) is 0 Å². The first-order valence-corrected chi connectivity index (χ1v) is 9.09. The molecule has 0 radical (unpaired) electrons. The molecule has 1 unspecified atom stereocenters. The van der Waals surface area contributed by atoms with Crippen molar-refractivity contribution in [2.24, 2.45) is 5.73 Å². The lowest BCUT2D eigenvalue weighted by Gasteiger charge is -2.34. The van der Waals surface area contributed by atoms with Crippen LogP contribution in [0.4, 0.5) is 19.0 Å². The van der Waals surface area contributed by atoms with Crippen molar-refractivity contribution in [1.82, 2.24) is 24.7 Å². The molecule has 1 atom stereocenters. The van der Waals surface area contributed by atoms with E-state index in [-0.39, 0.29) is 12.8 Å². The molecule has 0 aliphatic carbocycles. The van der Waals surface area contributed by atoms with E-state index in [0.717, 1.165) is 25.4 Å². The summed E-state index contributed by atoms with van der Waals surface area (Å²) in [6, 6.07) is 4.22. The third-order valence-corrected chi connectivity index (χ3v) is 4.72. The van der Waals surface area contributed by atoms with Crippen molar-refractivity contribution in [3.63, 3.8) is 0 Å². The lowest BCUT2D eigenvalue weighted by atomic mass is 10.2. The number of imidazole rings is 1. The average molecular weight is 407 g/mol. The first-order valence-electron chi connectivity index (χ1n) is 9.09. The van der Waals surface area contributed by atoms with Gasteiger partial charge in [0, 0.05) is 38.1 Å². The van der Waals surface area contributed by atoms with Crippen LogP contribution in [0.3, 0.4) is 0 Å². The van der Waals surface area contributed by atoms with E-state index in [4.69, 9.17) is 10.5 Å². The van der Waals surface area contributed by atoms with Crippen molar-refractivity contribution in [2.45, 2.75) is 12.2 Å². The summed E-state index contributed by atoms with van der Waals surface area (Å²) in [6.07, 6.45) is -0.360. The molecule has 3 aromatic rings. The summed E-state index contributed by atoms with van der Waals surface area (Å²) < 4.78 is 45.9. The van der Waals surface area contributed by atoms with Crippen LogP contribution in [-0.4, -0.2) is 58.4 Å². The highest BCUT2D eigenvalue weighted by Crippen LogP contribution is 2.30. The first-order chi connectivity index (χ1) is 14.0. The molecule has 0 spiro atoms. The molecule has 1 aliphatic heterocycles. The summed E-state index contributed by atoms with van der Waals surface area (Å²) in [7, 11) is 0. The minimum atomic E-state index is -4.44. The maximum absolute atomic E-state index is 13.1. The van der Waals surface area contributed by atoms with Gasteiger partial charge in [-0.3, -0.25) is 4.40 Å². The third kappa shape index (κ3) is 4.16. The van der Waals surface area contributed by atoms with E-state index in [1.54, 1.807) is 12.3 Å². The molecule has 0 saturated carbocycles. The number of hydrogen-bond donors (Lipinski definition) is 2. The van der Waals surface area contributed by atoms with Gasteiger partial charge in [0.05, 0.1) is 25.1 Å². The highest BCUT2D eigenvalue weighted by Gasteiger charge is 2.31. The fourth-order valence-corrected chi connectivity index (χ4v) is 3.32. The zero-order chi connectivity index (χ0) is 20.4. The van der Waals surface area contributed by atoms with Crippen LogP contribution in [-0.2, 0) is 10.9 Å². The summed E-state index contributed by atoms with van der Waals surface area (Å²) in [5.41, 5.74) is 5.41. The van der Waals surface area contributed by atoms with Gasteiger partial charge in [-0.1, -0.05) is 0 Å². The largest absolute Gasteiger partial charge is 0.417 e. The van der Waals surface area contributed by atoms with Gasteiger partial charge in [-0.2, -0.15) is 13.2 Å². The molecule has 0 amide bonds. The second kappa shape index (κ2) is 7.93. The Morgan fingerprint density at radius 2 is 2.10 bits per heavy atom. The zero-order valence-electron chi connectivity index (χ0n) is 15.4. The van der Waals surface area contributed by atoms with Gasteiger partial charge in [0.25, 0.3) is 0 Å². The number of rotatable bonds is 5. The number of ether oxygens (including phenoxy) is 1. The summed E-state index contributed by atoms with van der Waals surface area (Å²) in [4.78, 5) is 15.1. The van der Waals surface area contributed by atoms with Gasteiger partial charge in [-0.25, -0.2) is 15.0 Å². The first kappa shape index (κ1) is 19.6. The number of nitrogens with one attached hydrogen (secondary N) is 1. The fourth-order valence-electron chi connectivity index (χ4n) is 3.32. The molecule has 154 valence electrons. The van der Waals surface area contributed by atoms with Gasteiger partial charge in [0.1, 0.15) is 17.2 Å². The molecule has 11 heteroatoms. The molecule has 4 heterocycles. The van der Waals surface area contributed by atoms with Crippen LogP contribution in [0, 0.1) is 0 Å². The van der Waals surface area contributed by atoms with Gasteiger partial charge < -0.3 is 20.7 Å². The quantitative estimate of drug-likeness (QED) is 0.620. The Kier molecular flexibility index (Phi) is 5.35. The van der Waals surface area contributed by atoms with Crippen LogP contribution >= 0.6 is 0 Å². The Balaban J connectivity index is 1.64. The van der Waals surface area contributed by atoms with Crippen molar-refractivity contribution < 1.29 is 17.9 Å². The van der Waals surface area contributed by atoms with Crippen molar-refractivity contribution in [3.05, 3.63) is 42.4 Å². The molecule has 3 aromatic heterocycles. The van der Waals surface area contributed by atoms with Crippen molar-refractivity contribution >= 4 is 11.5 Å². The number of anilines is 1. The van der Waals surface area contributed by atoms with Crippen LogP contribution in [0.1, 0.15) is 5.56 Å². The molecule has 3 N–H and O–H groups in total. The molecular formula is C18H20F3N7O. The molecule has 1 fully saturated rings. The van der Waals surface area contributed by atoms with Gasteiger partial charge in [-0.05, 0) is 18.2 Å². The second-order valence-corrected chi connectivity index (χ2v) is 6.66. The van der Waals surface area contributed by atoms with Crippen molar-refractivity contribution in [2.75, 3.05) is 37.9 Å². The van der Waals surface area contributed by atoms with Crippen LogP contribution < -0.4 is 16.0 Å². The van der Waals surface area contributed by atoms with Crippen LogP contribution in [0.25, 0.3) is 17.2 Å². The van der Waals surface area contributed by atoms with Crippen molar-refractivity contribution in [1.29, 1.82) is 0 Å². The number of nitrogens with two attached hydrogens (primary N) is 1. The molecule has 0 bridgehead atoms. The number of alkyl halides is 3. The Bertz CT molecular complexity index is 991. The maximum atomic E-state index is 13.1. The minimum Gasteiger partial charge on any atom is -0.365 e. The Morgan fingerprint density at radius 1 is 1.24 bits per heavy atom. The van der Waals surface area contributed by atoms with Crippen LogP contribution in [0.2, 0.25) is 0 Å². The monoisotopic (exact) mass is 407 g/mol. The van der Waals surface area contributed by atoms with Gasteiger partial charge in [0.2, 0.25) is 0 Å². The average Bonchev–Trinajstić information content (AvgIpc) is 3.15. The number of nitrogens with zero attached hydrogens (tertiary/aromatic N) is 5. The standard InChI is InChI=1S/C18H20F3N7O/c19-18(20,21)12-1-2-15-25-7-14(28(15)8-12)17-24-4-3-16(26-17)27-6-5-23-13(9-27)10-29-11-22/h1-4,7-8,13,23H,5-6,9-11,22H2. The Labute approximate surface area is 164 Å². The van der Waals surface area contributed by atoms with E-state index in [2.05, 4.69) is 25.2 Å². The van der Waals surface area contributed by atoms with E-state index < -0.39 is 11.7 Å². The van der Waals surface area contributed by atoms with E-state index in [9.17, 15) is 13.2 Å². The molecule has 0 aromatic carbocycles. The lowest BCUT2D eigenvalue weighted by Crippen LogP contribution is -2.53. The second-order valence-electron chi connectivity index (χ2n) is 6.66. The predicted octanol–water partition coefficient (Wildman–Crippen LogP) is 1.52. The molecule has 29 heavy (non-hydrogen) atoms. The molecule has 1 aliphatic rings. The highest BCUT2D eigenvalue weighted by molar-refractivity contribution is 5.59. The normalized spacial score (nSPS) is 17.8. The lowest BCUT2D eigenvalue weighted by molar-refractivity contribution is -0.137. The number of fused-ring (bicyclic) bond motifs is 1. The predicted molar refractivity (Wildman–Crippen MR) is 100 cm³/mol. The molecular weight excluding hydrogens is 387 g/mol. The number of piperazine rings is 1. The SMILES string of the molecule is NCOCC1CN(c2ccnc(-c3cnc4ccc(C(F)(F)F)cn34)n2)CCN1. The number of hydrogen-bond acceptors (Lipinski definition) is 7. The van der Waals surface area contributed by atoms with E-state index >= 15 is 0 Å². The topological polar surface area (TPSA) is 93.6 Å². The third-order valence-electron chi connectivity index (χ3n) is 4.72. The van der Waals surface area contributed by atoms with Gasteiger partial charge in [-0.15, -0.1) is 0 Å².